The maximum absolute atomic E-state index is 12.0. The van der Waals surface area contributed by atoms with E-state index >= 15 is 0 Å². The van der Waals surface area contributed by atoms with Gasteiger partial charge in [-0.15, -0.1) is 0 Å². The molecule has 0 aromatic heterocycles. The van der Waals surface area contributed by atoms with Gasteiger partial charge in [-0.3, -0.25) is 4.79 Å². The molecule has 1 aliphatic carbocycles. The van der Waals surface area contributed by atoms with Gasteiger partial charge in [-0.1, -0.05) is 24.4 Å². The number of hydrogen-bond acceptors (Lipinski definition) is 4. The first-order chi connectivity index (χ1) is 9.85. The molecular formula is C14H19ClN2O3S. The number of nitrogens with one attached hydrogen (secondary N) is 1. The van der Waals surface area contributed by atoms with E-state index in [-0.39, 0.29) is 11.7 Å². The van der Waals surface area contributed by atoms with Crippen molar-refractivity contribution in [1.29, 1.82) is 0 Å². The molecule has 1 amide bonds. The number of hydrogen-bond donors (Lipinski definition) is 2. The minimum absolute atomic E-state index is 0.0938. The van der Waals surface area contributed by atoms with Gasteiger partial charge < -0.3 is 11.1 Å². The van der Waals surface area contributed by atoms with Crippen LogP contribution in [0.2, 0.25) is 5.02 Å². The molecule has 0 unspecified atom stereocenters. The molecule has 0 spiro atoms. The molecule has 0 radical (unpaired) electrons. The van der Waals surface area contributed by atoms with Crippen molar-refractivity contribution >= 4 is 38.7 Å². The van der Waals surface area contributed by atoms with E-state index in [1.807, 2.05) is 0 Å². The van der Waals surface area contributed by atoms with Gasteiger partial charge in [0.1, 0.15) is 5.75 Å². The maximum atomic E-state index is 12.0. The smallest absolute Gasteiger partial charge is 0.239 e. The third-order valence-corrected chi connectivity index (χ3v) is 5.52. The first-order valence-electron chi connectivity index (χ1n) is 6.91. The highest BCUT2D eigenvalue weighted by Gasteiger charge is 2.24. The summed E-state index contributed by atoms with van der Waals surface area (Å²) in [6, 6.07) is 4.64. The number of sulfone groups is 1. The van der Waals surface area contributed by atoms with Gasteiger partial charge in [0.05, 0.1) is 17.1 Å². The van der Waals surface area contributed by atoms with Crippen LogP contribution in [0.25, 0.3) is 0 Å². The van der Waals surface area contributed by atoms with Gasteiger partial charge in [0.2, 0.25) is 5.91 Å². The number of carbonyl (C=O) groups excluding carboxylic acids is 1. The van der Waals surface area contributed by atoms with Gasteiger partial charge in [-0.25, -0.2) is 8.42 Å². The molecule has 21 heavy (non-hydrogen) atoms. The van der Waals surface area contributed by atoms with Gasteiger partial charge in [-0.2, -0.15) is 0 Å². The first kappa shape index (κ1) is 16.1. The Hall–Kier alpha value is -1.27. The Kier molecular flexibility index (Phi) is 5.11. The molecule has 2 rings (SSSR count). The Morgan fingerprint density at radius 1 is 1.33 bits per heavy atom. The Morgan fingerprint density at radius 3 is 2.62 bits per heavy atom. The van der Waals surface area contributed by atoms with Crippen LogP contribution in [0.4, 0.5) is 11.4 Å². The third kappa shape index (κ3) is 4.89. The van der Waals surface area contributed by atoms with E-state index in [1.54, 1.807) is 12.1 Å². The van der Waals surface area contributed by atoms with Crippen molar-refractivity contribution in [3.8, 4) is 0 Å². The van der Waals surface area contributed by atoms with Crippen LogP contribution in [0.15, 0.2) is 18.2 Å². The molecule has 0 bridgehead atoms. The summed E-state index contributed by atoms with van der Waals surface area (Å²) < 4.78 is 24.0. The van der Waals surface area contributed by atoms with E-state index in [0.717, 1.165) is 25.7 Å². The molecule has 1 aliphatic rings. The second kappa shape index (κ2) is 6.66. The number of benzene rings is 1. The zero-order valence-corrected chi connectivity index (χ0v) is 13.2. The molecule has 7 heteroatoms. The van der Waals surface area contributed by atoms with Crippen molar-refractivity contribution in [2.24, 2.45) is 5.92 Å². The summed E-state index contributed by atoms with van der Waals surface area (Å²) in [6.07, 6.45) is 4.03. The summed E-state index contributed by atoms with van der Waals surface area (Å²) in [7, 11) is -3.38. The van der Waals surface area contributed by atoms with Crippen molar-refractivity contribution in [2.75, 3.05) is 22.6 Å². The number of nitrogen functional groups attached to an aromatic ring is 1. The van der Waals surface area contributed by atoms with E-state index in [2.05, 4.69) is 5.32 Å². The Labute approximate surface area is 129 Å². The lowest BCUT2D eigenvalue weighted by Gasteiger charge is -2.11. The van der Waals surface area contributed by atoms with Gasteiger partial charge in [-0.05, 0) is 37.0 Å². The summed E-state index contributed by atoms with van der Waals surface area (Å²) >= 11 is 5.77. The minimum atomic E-state index is -3.38. The Bertz CT molecular complexity index is 625. The third-order valence-electron chi connectivity index (χ3n) is 3.60. The van der Waals surface area contributed by atoms with Crippen LogP contribution in [-0.2, 0) is 14.6 Å². The summed E-state index contributed by atoms with van der Waals surface area (Å²) in [5.41, 5.74) is 6.40. The fraction of sp³-hybridized carbons (Fsp3) is 0.500. The number of halogens is 1. The molecule has 0 atom stereocenters. The number of carbonyl (C=O) groups is 1. The summed E-state index contributed by atoms with van der Waals surface area (Å²) in [5.74, 6) is -0.785. The van der Waals surface area contributed by atoms with Crippen molar-refractivity contribution in [1.82, 2.24) is 0 Å². The summed E-state index contributed by atoms with van der Waals surface area (Å²) in [5, 5.41) is 2.97. The van der Waals surface area contributed by atoms with Crippen molar-refractivity contribution < 1.29 is 13.2 Å². The average Bonchev–Trinajstić information content (AvgIpc) is 2.84. The van der Waals surface area contributed by atoms with Crippen LogP contribution >= 0.6 is 11.6 Å². The molecule has 0 heterocycles. The van der Waals surface area contributed by atoms with Crippen molar-refractivity contribution in [3.63, 3.8) is 0 Å². The average molecular weight is 331 g/mol. The maximum Gasteiger partial charge on any atom is 0.239 e. The quantitative estimate of drug-likeness (QED) is 0.811. The minimum Gasteiger partial charge on any atom is -0.397 e. The highest BCUT2D eigenvalue weighted by molar-refractivity contribution is 7.92. The van der Waals surface area contributed by atoms with Crippen LogP contribution < -0.4 is 11.1 Å². The van der Waals surface area contributed by atoms with E-state index in [4.69, 9.17) is 17.3 Å². The van der Waals surface area contributed by atoms with Crippen LogP contribution in [0.1, 0.15) is 25.7 Å². The number of anilines is 2. The lowest BCUT2D eigenvalue weighted by molar-refractivity contribution is -0.113. The molecule has 1 aromatic rings. The van der Waals surface area contributed by atoms with E-state index in [1.165, 1.54) is 6.07 Å². The zero-order valence-electron chi connectivity index (χ0n) is 11.6. The van der Waals surface area contributed by atoms with Crippen molar-refractivity contribution in [2.45, 2.75) is 25.7 Å². The molecule has 5 nitrogen and oxygen atoms in total. The highest BCUT2D eigenvalue weighted by Crippen LogP contribution is 2.26. The molecule has 1 fully saturated rings. The van der Waals surface area contributed by atoms with E-state index < -0.39 is 21.5 Å². The van der Waals surface area contributed by atoms with Crippen molar-refractivity contribution in [3.05, 3.63) is 23.2 Å². The predicted molar refractivity (Wildman–Crippen MR) is 85.1 cm³/mol. The van der Waals surface area contributed by atoms with Crippen LogP contribution in [-0.4, -0.2) is 25.8 Å². The van der Waals surface area contributed by atoms with Crippen LogP contribution in [0, 0.1) is 5.92 Å². The highest BCUT2D eigenvalue weighted by atomic mass is 35.5. The fourth-order valence-electron chi connectivity index (χ4n) is 2.63. The van der Waals surface area contributed by atoms with Gasteiger partial charge in [0.15, 0.2) is 9.84 Å². The molecule has 3 N–H and O–H groups in total. The second-order valence-corrected chi connectivity index (χ2v) is 8.03. The van der Waals surface area contributed by atoms with E-state index in [9.17, 15) is 13.2 Å². The second-order valence-electron chi connectivity index (χ2n) is 5.48. The number of nitrogens with two attached hydrogens (primary N) is 1. The molecule has 116 valence electrons. The largest absolute Gasteiger partial charge is 0.397 e. The topological polar surface area (TPSA) is 89.3 Å². The van der Waals surface area contributed by atoms with E-state index in [0.29, 0.717) is 16.4 Å². The van der Waals surface area contributed by atoms with Gasteiger partial charge in [0.25, 0.3) is 0 Å². The van der Waals surface area contributed by atoms with Gasteiger partial charge >= 0.3 is 0 Å². The predicted octanol–water partition coefficient (Wildman–Crippen LogP) is 2.47. The molecular weight excluding hydrogens is 312 g/mol. The van der Waals surface area contributed by atoms with Gasteiger partial charge in [0, 0.05) is 5.02 Å². The number of amides is 1. The molecule has 1 aromatic carbocycles. The monoisotopic (exact) mass is 330 g/mol. The first-order valence-corrected chi connectivity index (χ1v) is 9.11. The van der Waals surface area contributed by atoms with Crippen LogP contribution in [0.5, 0.6) is 0 Å². The van der Waals surface area contributed by atoms with Crippen LogP contribution in [0.3, 0.4) is 0 Å². The normalized spacial score (nSPS) is 16.0. The molecule has 0 saturated heterocycles. The SMILES string of the molecule is Nc1cc(Cl)ccc1NC(=O)CS(=O)(=O)CC1CCCC1. The Morgan fingerprint density at radius 2 is 2.00 bits per heavy atom. The summed E-state index contributed by atoms with van der Waals surface area (Å²) in [6.45, 7) is 0. The fourth-order valence-corrected chi connectivity index (χ4v) is 4.45. The lowest BCUT2D eigenvalue weighted by Crippen LogP contribution is -2.27. The zero-order chi connectivity index (χ0) is 15.5. The lowest BCUT2D eigenvalue weighted by atomic mass is 10.1. The standard InChI is InChI=1S/C14H19ClN2O3S/c15-11-5-6-13(12(16)7-11)17-14(18)9-21(19,20)8-10-3-1-2-4-10/h5-7,10H,1-4,8-9,16H2,(H,17,18). The molecule has 1 saturated carbocycles. The molecule has 0 aliphatic heterocycles. The summed E-state index contributed by atoms with van der Waals surface area (Å²) in [4.78, 5) is 11.9. The Balaban J connectivity index is 1.94. The number of rotatable bonds is 5.